The van der Waals surface area contributed by atoms with Crippen molar-refractivity contribution in [2.24, 2.45) is 0 Å². The minimum absolute atomic E-state index is 0.105. The third-order valence-electron chi connectivity index (χ3n) is 4.35. The van der Waals surface area contributed by atoms with E-state index in [2.05, 4.69) is 30.1 Å². The topological polar surface area (TPSA) is 55.2 Å². The standard InChI is InChI=1S/C19H20N2O2S2/c1-2-3-4-5-6-11-23-19-21-17-13-7-9-14-16(20-18(22)24-14)12(13)8-10-15(17)25-19/h7-10H,2-6,11H2,1H3,(H,20,22). The molecule has 4 aromatic rings. The lowest BCUT2D eigenvalue weighted by Crippen LogP contribution is -1.96. The number of fused-ring (bicyclic) bond motifs is 5. The maximum atomic E-state index is 9.68. The Morgan fingerprint density at radius 3 is 2.32 bits per heavy atom. The number of unbranched alkanes of at least 4 members (excludes halogenated alkanes) is 4. The van der Waals surface area contributed by atoms with Crippen LogP contribution in [0.2, 0.25) is 0 Å². The summed E-state index contributed by atoms with van der Waals surface area (Å²) in [6, 6.07) is 8.19. The molecule has 6 heteroatoms. The molecule has 2 aromatic heterocycles. The number of aromatic nitrogens is 2. The Kier molecular flexibility index (Phi) is 4.72. The van der Waals surface area contributed by atoms with Crippen LogP contribution in [0.4, 0.5) is 0 Å². The molecule has 0 aliphatic carbocycles. The molecule has 2 aromatic carbocycles. The highest BCUT2D eigenvalue weighted by Gasteiger charge is 2.12. The largest absolute Gasteiger partial charge is 0.486 e. The number of nitrogens with zero attached hydrogens (tertiary/aromatic N) is 2. The van der Waals surface area contributed by atoms with Gasteiger partial charge in [0.05, 0.1) is 27.0 Å². The summed E-state index contributed by atoms with van der Waals surface area (Å²) in [6.45, 7) is 2.95. The van der Waals surface area contributed by atoms with E-state index in [-0.39, 0.29) is 5.19 Å². The molecule has 0 saturated heterocycles. The van der Waals surface area contributed by atoms with E-state index in [1.807, 2.05) is 6.07 Å². The van der Waals surface area contributed by atoms with Gasteiger partial charge in [0.1, 0.15) is 0 Å². The Morgan fingerprint density at radius 2 is 1.56 bits per heavy atom. The Labute approximate surface area is 154 Å². The molecule has 2 heterocycles. The zero-order valence-corrected chi connectivity index (χ0v) is 15.8. The molecule has 0 bridgehead atoms. The van der Waals surface area contributed by atoms with E-state index >= 15 is 0 Å². The molecule has 0 atom stereocenters. The highest BCUT2D eigenvalue weighted by Crippen LogP contribution is 2.38. The second kappa shape index (κ2) is 7.14. The number of ether oxygens (including phenoxy) is 1. The predicted octanol–water partition coefficient (Wildman–Crippen LogP) is 6.11. The van der Waals surface area contributed by atoms with Crippen molar-refractivity contribution in [3.63, 3.8) is 0 Å². The number of hydrogen-bond acceptors (Lipinski definition) is 6. The molecule has 0 aliphatic rings. The van der Waals surface area contributed by atoms with Crippen LogP contribution in [0.5, 0.6) is 10.4 Å². The molecule has 4 nitrogen and oxygen atoms in total. The second-order valence-corrected chi connectivity index (χ2v) is 8.16. The third-order valence-corrected chi connectivity index (χ3v) is 6.11. The van der Waals surface area contributed by atoms with Crippen molar-refractivity contribution in [1.29, 1.82) is 0 Å². The SMILES string of the molecule is CCCCCCCOc1nc2c(ccc3c2ccc2sc(O)nc23)s1. The van der Waals surface area contributed by atoms with Gasteiger partial charge in [-0.1, -0.05) is 67.4 Å². The minimum atomic E-state index is 0.105. The first-order valence-corrected chi connectivity index (χ1v) is 10.3. The van der Waals surface area contributed by atoms with E-state index in [9.17, 15) is 5.11 Å². The van der Waals surface area contributed by atoms with Crippen LogP contribution in [0.25, 0.3) is 31.2 Å². The predicted molar refractivity (Wildman–Crippen MR) is 106 cm³/mol. The molecule has 0 spiro atoms. The van der Waals surface area contributed by atoms with Gasteiger partial charge in [-0.15, -0.1) is 0 Å². The molecular formula is C19H20N2O2S2. The van der Waals surface area contributed by atoms with E-state index in [0.29, 0.717) is 0 Å². The van der Waals surface area contributed by atoms with Crippen LogP contribution in [0.1, 0.15) is 39.0 Å². The summed E-state index contributed by atoms with van der Waals surface area (Å²) in [6.07, 6.45) is 6.13. The van der Waals surface area contributed by atoms with E-state index < -0.39 is 0 Å². The summed E-state index contributed by atoms with van der Waals surface area (Å²) < 4.78 is 7.97. The highest BCUT2D eigenvalue weighted by atomic mass is 32.1. The van der Waals surface area contributed by atoms with Gasteiger partial charge in [-0.3, -0.25) is 0 Å². The number of aromatic hydroxyl groups is 1. The average molecular weight is 373 g/mol. The van der Waals surface area contributed by atoms with Gasteiger partial charge in [0.2, 0.25) is 0 Å². The lowest BCUT2D eigenvalue weighted by Gasteiger charge is -2.01. The first kappa shape index (κ1) is 16.5. The second-order valence-electron chi connectivity index (χ2n) is 6.16. The minimum Gasteiger partial charge on any atom is -0.486 e. The zero-order chi connectivity index (χ0) is 17.2. The van der Waals surface area contributed by atoms with E-state index in [1.54, 1.807) is 11.3 Å². The Balaban J connectivity index is 1.59. The van der Waals surface area contributed by atoms with Crippen LogP contribution in [-0.4, -0.2) is 21.7 Å². The van der Waals surface area contributed by atoms with Gasteiger partial charge in [-0.2, -0.15) is 0 Å². The van der Waals surface area contributed by atoms with Crippen LogP contribution < -0.4 is 4.74 Å². The summed E-state index contributed by atoms with van der Waals surface area (Å²) >= 11 is 2.89. The highest BCUT2D eigenvalue weighted by molar-refractivity contribution is 7.20. The molecule has 0 aliphatic heterocycles. The number of thiazole rings is 2. The van der Waals surface area contributed by atoms with Gasteiger partial charge in [0.15, 0.2) is 0 Å². The van der Waals surface area contributed by atoms with Crippen molar-refractivity contribution in [2.75, 3.05) is 6.61 Å². The van der Waals surface area contributed by atoms with Gasteiger partial charge in [0.25, 0.3) is 10.4 Å². The van der Waals surface area contributed by atoms with Crippen LogP contribution >= 0.6 is 22.7 Å². The lowest BCUT2D eigenvalue weighted by atomic mass is 10.1. The maximum absolute atomic E-state index is 9.68. The summed E-state index contributed by atoms with van der Waals surface area (Å²) in [5.41, 5.74) is 1.80. The fourth-order valence-corrected chi connectivity index (χ4v) is 4.66. The van der Waals surface area contributed by atoms with Crippen molar-refractivity contribution in [3.05, 3.63) is 24.3 Å². The van der Waals surface area contributed by atoms with Crippen LogP contribution in [0.3, 0.4) is 0 Å². The number of hydrogen-bond donors (Lipinski definition) is 1. The van der Waals surface area contributed by atoms with Crippen molar-refractivity contribution in [1.82, 2.24) is 9.97 Å². The van der Waals surface area contributed by atoms with Gasteiger partial charge >= 0.3 is 0 Å². The Bertz CT molecular complexity index is 1020. The summed E-state index contributed by atoms with van der Waals surface area (Å²) in [4.78, 5) is 8.96. The van der Waals surface area contributed by atoms with Crippen molar-refractivity contribution in [3.8, 4) is 10.4 Å². The molecule has 0 fully saturated rings. The van der Waals surface area contributed by atoms with E-state index in [0.717, 1.165) is 49.4 Å². The van der Waals surface area contributed by atoms with Gasteiger partial charge in [-0.25, -0.2) is 9.97 Å². The summed E-state index contributed by atoms with van der Waals surface area (Å²) in [7, 11) is 0. The first-order valence-electron chi connectivity index (χ1n) is 8.71. The number of benzene rings is 2. The van der Waals surface area contributed by atoms with Crippen LogP contribution in [0.15, 0.2) is 24.3 Å². The molecule has 4 rings (SSSR count). The maximum Gasteiger partial charge on any atom is 0.274 e. The molecule has 130 valence electrons. The van der Waals surface area contributed by atoms with Crippen molar-refractivity contribution >= 4 is 53.9 Å². The average Bonchev–Trinajstić information content (AvgIpc) is 3.19. The Hall–Kier alpha value is -1.92. The van der Waals surface area contributed by atoms with Gasteiger partial charge in [0, 0.05) is 10.8 Å². The quantitative estimate of drug-likeness (QED) is 0.397. The molecule has 0 radical (unpaired) electrons. The molecule has 0 saturated carbocycles. The lowest BCUT2D eigenvalue weighted by molar-refractivity contribution is 0.303. The van der Waals surface area contributed by atoms with Crippen molar-refractivity contribution < 1.29 is 9.84 Å². The molecular weight excluding hydrogens is 352 g/mol. The normalized spacial score (nSPS) is 11.7. The summed E-state index contributed by atoms with van der Waals surface area (Å²) in [5, 5.41) is 12.6. The monoisotopic (exact) mass is 372 g/mol. The fourth-order valence-electron chi connectivity index (χ4n) is 3.08. The van der Waals surface area contributed by atoms with E-state index in [4.69, 9.17) is 9.72 Å². The molecule has 1 N–H and O–H groups in total. The summed E-state index contributed by atoms with van der Waals surface area (Å²) in [5.74, 6) is 0. The molecule has 25 heavy (non-hydrogen) atoms. The van der Waals surface area contributed by atoms with Crippen LogP contribution in [0, 0.1) is 0 Å². The van der Waals surface area contributed by atoms with E-state index in [1.165, 1.54) is 37.0 Å². The van der Waals surface area contributed by atoms with Gasteiger partial charge in [-0.05, 0) is 18.6 Å². The van der Waals surface area contributed by atoms with Gasteiger partial charge < -0.3 is 9.84 Å². The smallest absolute Gasteiger partial charge is 0.274 e. The van der Waals surface area contributed by atoms with Crippen LogP contribution in [-0.2, 0) is 0 Å². The Morgan fingerprint density at radius 1 is 0.880 bits per heavy atom. The van der Waals surface area contributed by atoms with Crippen molar-refractivity contribution in [2.45, 2.75) is 39.0 Å². The molecule has 0 amide bonds. The fraction of sp³-hybridized carbons (Fsp3) is 0.368. The third kappa shape index (κ3) is 3.28. The molecule has 0 unspecified atom stereocenters. The number of rotatable bonds is 7. The first-order chi connectivity index (χ1) is 12.3. The zero-order valence-electron chi connectivity index (χ0n) is 14.1.